The maximum atomic E-state index is 9.59. The highest BCUT2D eigenvalue weighted by atomic mass is 32.1. The standard InChI is InChI=1S/C28H50OS.C3H6O2.C2H6/c1-19(2)8-7-9-20(3)23-10-11-24-22-13-15-26(4)18-21(29-30)12-17-28(26,6)25(22)14-16-27(23,24)5;1-3(4)5-2;1-2/h19-25,30H,7-18H2,1-6H3;1-2H3;1-2H3/t20?,21?,22?,23?,24?,25?,26-,27?,28?;;/m0../s1. The first-order valence-corrected chi connectivity index (χ1v) is 16.1. The van der Waals surface area contributed by atoms with E-state index in [4.69, 9.17) is 4.18 Å². The van der Waals surface area contributed by atoms with Gasteiger partial charge in [-0.25, -0.2) is 0 Å². The van der Waals surface area contributed by atoms with Gasteiger partial charge < -0.3 is 8.92 Å². The molecule has 0 aliphatic heterocycles. The van der Waals surface area contributed by atoms with E-state index in [0.717, 1.165) is 35.5 Å². The molecule has 0 N–H and O–H groups in total. The van der Waals surface area contributed by atoms with Crippen LogP contribution in [0.2, 0.25) is 0 Å². The lowest BCUT2D eigenvalue weighted by molar-refractivity contribution is -0.167. The van der Waals surface area contributed by atoms with Crippen LogP contribution in [-0.4, -0.2) is 19.2 Å². The third-order valence-electron chi connectivity index (χ3n) is 12.0. The van der Waals surface area contributed by atoms with E-state index >= 15 is 0 Å². The SMILES string of the molecule is CC.CC(C)CCCC(C)C1CCC2C3CC[C@@]4(C)CC(OS)CCC4(C)C3CCC12C.COC(C)=O. The zero-order valence-electron chi connectivity index (χ0n) is 26.2. The van der Waals surface area contributed by atoms with Gasteiger partial charge in [-0.1, -0.05) is 74.7 Å². The van der Waals surface area contributed by atoms with Gasteiger partial charge in [0.2, 0.25) is 0 Å². The lowest BCUT2D eigenvalue weighted by Crippen LogP contribution is -2.58. The van der Waals surface area contributed by atoms with Crippen LogP contribution in [0.25, 0.3) is 0 Å². The number of carbonyl (C=O) groups is 1. The molecular weight excluding hydrogens is 476 g/mol. The summed E-state index contributed by atoms with van der Waals surface area (Å²) in [5.74, 6) is 5.44. The molecule has 0 aromatic heterocycles. The van der Waals surface area contributed by atoms with Crippen molar-refractivity contribution in [3.8, 4) is 0 Å². The maximum Gasteiger partial charge on any atom is 0.302 e. The van der Waals surface area contributed by atoms with Crippen molar-refractivity contribution in [3.63, 3.8) is 0 Å². The smallest absolute Gasteiger partial charge is 0.302 e. The molecule has 4 aliphatic rings. The van der Waals surface area contributed by atoms with Crippen LogP contribution in [0.15, 0.2) is 0 Å². The summed E-state index contributed by atoms with van der Waals surface area (Å²) in [6.07, 6.45) is 17.4. The highest BCUT2D eigenvalue weighted by Crippen LogP contribution is 2.71. The molecule has 0 amide bonds. The van der Waals surface area contributed by atoms with Crippen molar-refractivity contribution in [2.75, 3.05) is 7.11 Å². The number of hydrogen-bond donors (Lipinski definition) is 1. The van der Waals surface area contributed by atoms with Crippen LogP contribution in [0, 0.1) is 51.8 Å². The predicted molar refractivity (Wildman–Crippen MR) is 161 cm³/mol. The van der Waals surface area contributed by atoms with E-state index in [1.807, 2.05) is 13.8 Å². The summed E-state index contributed by atoms with van der Waals surface area (Å²) in [4.78, 5) is 9.59. The fourth-order valence-electron chi connectivity index (χ4n) is 9.70. The van der Waals surface area contributed by atoms with Crippen molar-refractivity contribution in [1.82, 2.24) is 0 Å². The summed E-state index contributed by atoms with van der Waals surface area (Å²) in [5.41, 5.74) is 1.59. The average Bonchev–Trinajstić information content (AvgIpc) is 3.22. The van der Waals surface area contributed by atoms with Gasteiger partial charge in [0, 0.05) is 6.92 Å². The highest BCUT2D eigenvalue weighted by Gasteiger charge is 2.63. The Labute approximate surface area is 236 Å². The van der Waals surface area contributed by atoms with Gasteiger partial charge in [0.15, 0.2) is 0 Å². The Kier molecular flexibility index (Phi) is 12.4. The van der Waals surface area contributed by atoms with Crippen LogP contribution in [0.3, 0.4) is 0 Å². The molecule has 0 aromatic rings. The minimum atomic E-state index is -0.245. The van der Waals surface area contributed by atoms with Crippen LogP contribution in [0.4, 0.5) is 0 Å². The number of esters is 1. The summed E-state index contributed by atoms with van der Waals surface area (Å²) >= 11 is 4.20. The van der Waals surface area contributed by atoms with Crippen molar-refractivity contribution in [2.24, 2.45) is 51.8 Å². The second-order valence-corrected chi connectivity index (χ2v) is 14.3. The summed E-state index contributed by atoms with van der Waals surface area (Å²) in [5, 5.41) is 0. The minimum Gasteiger partial charge on any atom is -0.469 e. The van der Waals surface area contributed by atoms with Gasteiger partial charge >= 0.3 is 5.97 Å². The van der Waals surface area contributed by atoms with Crippen LogP contribution >= 0.6 is 12.9 Å². The molecule has 4 heteroatoms. The van der Waals surface area contributed by atoms with Crippen molar-refractivity contribution < 1.29 is 13.7 Å². The number of ether oxygens (including phenoxy) is 1. The fourth-order valence-corrected chi connectivity index (χ4v) is 9.88. The van der Waals surface area contributed by atoms with Crippen molar-refractivity contribution >= 4 is 18.9 Å². The largest absolute Gasteiger partial charge is 0.469 e. The zero-order valence-corrected chi connectivity index (χ0v) is 27.1. The first-order chi connectivity index (χ1) is 17.4. The summed E-state index contributed by atoms with van der Waals surface area (Å²) in [7, 11) is 1.35. The van der Waals surface area contributed by atoms with Gasteiger partial charge in [-0.05, 0) is 122 Å². The normalized spacial score (nSPS) is 41.1. The van der Waals surface area contributed by atoms with E-state index in [9.17, 15) is 4.79 Å². The number of methoxy groups -OCH3 is 1. The van der Waals surface area contributed by atoms with Gasteiger partial charge in [0.1, 0.15) is 0 Å². The average molecular weight is 539 g/mol. The van der Waals surface area contributed by atoms with Crippen molar-refractivity contribution in [2.45, 2.75) is 145 Å². The molecule has 218 valence electrons. The van der Waals surface area contributed by atoms with Crippen molar-refractivity contribution in [3.05, 3.63) is 0 Å². The Morgan fingerprint density at radius 3 is 2.14 bits per heavy atom. The molecule has 0 heterocycles. The molecule has 0 radical (unpaired) electrons. The second-order valence-electron chi connectivity index (χ2n) is 14.1. The molecule has 8 unspecified atom stereocenters. The summed E-state index contributed by atoms with van der Waals surface area (Å²) < 4.78 is 9.66. The van der Waals surface area contributed by atoms with Crippen LogP contribution < -0.4 is 0 Å². The number of thiol groups is 1. The van der Waals surface area contributed by atoms with Crippen LogP contribution in [0.1, 0.15) is 139 Å². The van der Waals surface area contributed by atoms with Crippen molar-refractivity contribution in [1.29, 1.82) is 0 Å². The molecule has 3 nitrogen and oxygen atoms in total. The van der Waals surface area contributed by atoms with E-state index in [-0.39, 0.29) is 5.97 Å². The van der Waals surface area contributed by atoms with Gasteiger partial charge in [0.05, 0.1) is 13.2 Å². The lowest BCUT2D eigenvalue weighted by Gasteiger charge is -2.65. The number of hydrogen-bond acceptors (Lipinski definition) is 4. The Morgan fingerprint density at radius 1 is 0.919 bits per heavy atom. The third kappa shape index (κ3) is 6.93. The maximum absolute atomic E-state index is 9.59. The molecule has 0 saturated heterocycles. The quantitative estimate of drug-likeness (QED) is 0.208. The highest BCUT2D eigenvalue weighted by molar-refractivity contribution is 7.75. The van der Waals surface area contributed by atoms with E-state index < -0.39 is 0 Å². The molecular formula is C33H62O3S. The molecule has 4 rings (SSSR count). The Hall–Kier alpha value is -0.220. The third-order valence-corrected chi connectivity index (χ3v) is 12.3. The first-order valence-electron chi connectivity index (χ1n) is 15.8. The first kappa shape index (κ1) is 33.0. The van der Waals surface area contributed by atoms with Crippen LogP contribution in [0.5, 0.6) is 0 Å². The van der Waals surface area contributed by atoms with E-state index in [1.165, 1.54) is 91.1 Å². The van der Waals surface area contributed by atoms with E-state index in [1.54, 1.807) is 0 Å². The Morgan fingerprint density at radius 2 is 1.57 bits per heavy atom. The van der Waals surface area contributed by atoms with Gasteiger partial charge in [-0.2, -0.15) is 0 Å². The van der Waals surface area contributed by atoms with E-state index in [0.29, 0.717) is 22.3 Å². The second kappa shape index (κ2) is 13.9. The van der Waals surface area contributed by atoms with Gasteiger partial charge in [-0.15, -0.1) is 0 Å². The van der Waals surface area contributed by atoms with Gasteiger partial charge in [0.25, 0.3) is 0 Å². The lowest BCUT2D eigenvalue weighted by atomic mass is 9.40. The molecule has 0 aromatic carbocycles. The molecule has 9 atom stereocenters. The molecule has 0 bridgehead atoms. The van der Waals surface area contributed by atoms with Gasteiger partial charge in [-0.3, -0.25) is 4.79 Å². The molecule has 4 saturated carbocycles. The summed E-state index contributed by atoms with van der Waals surface area (Å²) in [6.45, 7) is 20.7. The predicted octanol–water partition coefficient (Wildman–Crippen LogP) is 9.93. The molecule has 37 heavy (non-hydrogen) atoms. The minimum absolute atomic E-state index is 0.245. The number of carbonyl (C=O) groups excluding carboxylic acids is 1. The monoisotopic (exact) mass is 538 g/mol. The zero-order chi connectivity index (χ0) is 28.0. The Bertz CT molecular complexity index is 710. The molecule has 0 spiro atoms. The molecule has 4 aliphatic carbocycles. The summed E-state index contributed by atoms with van der Waals surface area (Å²) in [6, 6.07) is 0. The number of rotatable bonds is 6. The Balaban J connectivity index is 0.000000617. The van der Waals surface area contributed by atoms with E-state index in [2.05, 4.69) is 59.2 Å². The molecule has 4 fully saturated rings. The topological polar surface area (TPSA) is 35.5 Å². The fraction of sp³-hybridized carbons (Fsp3) is 0.970. The van der Waals surface area contributed by atoms with Crippen LogP contribution in [-0.2, 0) is 13.7 Å². The number of fused-ring (bicyclic) bond motifs is 5.